The van der Waals surface area contributed by atoms with Gasteiger partial charge in [0.2, 0.25) is 11.8 Å². The number of nitrogens with zero attached hydrogens (tertiary/aromatic N) is 2. The van der Waals surface area contributed by atoms with E-state index >= 15 is 0 Å². The Hall–Kier alpha value is -2.08. The Kier molecular flexibility index (Phi) is 5.44. The second-order valence-corrected chi connectivity index (χ2v) is 9.68. The number of piperidine rings is 3. The van der Waals surface area contributed by atoms with E-state index < -0.39 is 0 Å². The maximum Gasteiger partial charge on any atom is 0.234 e. The molecule has 0 spiro atoms. The van der Waals surface area contributed by atoms with Crippen LogP contribution in [0, 0.1) is 11.8 Å². The van der Waals surface area contributed by atoms with Crippen molar-refractivity contribution in [2.45, 2.75) is 63.1 Å². The zero-order chi connectivity index (χ0) is 20.7. The molecule has 1 aliphatic carbocycles. The van der Waals surface area contributed by atoms with Crippen LogP contribution in [0.1, 0.15) is 44.1 Å². The molecule has 162 valence electrons. The largest absolute Gasteiger partial charge is 0.497 e. The van der Waals surface area contributed by atoms with Crippen LogP contribution in [0.4, 0.5) is 0 Å². The van der Waals surface area contributed by atoms with Crippen LogP contribution in [-0.2, 0) is 16.0 Å². The number of hydrogen-bond acceptors (Lipinski definition) is 4. The van der Waals surface area contributed by atoms with E-state index in [1.807, 2.05) is 12.1 Å². The lowest BCUT2D eigenvalue weighted by Gasteiger charge is -2.56. The van der Waals surface area contributed by atoms with Crippen molar-refractivity contribution in [3.63, 3.8) is 0 Å². The van der Waals surface area contributed by atoms with E-state index in [-0.39, 0.29) is 11.9 Å². The summed E-state index contributed by atoms with van der Waals surface area (Å²) in [6.45, 7) is 2.34. The van der Waals surface area contributed by atoms with Gasteiger partial charge in [0.15, 0.2) is 0 Å². The minimum absolute atomic E-state index is 0.165. The lowest BCUT2D eigenvalue weighted by Crippen LogP contribution is -2.66. The van der Waals surface area contributed by atoms with Crippen molar-refractivity contribution in [2.75, 3.05) is 26.7 Å². The molecule has 30 heavy (non-hydrogen) atoms. The first-order valence-corrected chi connectivity index (χ1v) is 11.6. The van der Waals surface area contributed by atoms with Gasteiger partial charge < -0.3 is 15.0 Å². The van der Waals surface area contributed by atoms with E-state index in [4.69, 9.17) is 4.74 Å². The number of ether oxygens (including phenoxy) is 1. The SMILES string of the molecule is COc1cccc(C[C@H]2[C@H]3C[C@H](CN(CC(=O)NC4CC4)C3)[C@@H]3CCCC(=O)N32)c1. The van der Waals surface area contributed by atoms with Crippen LogP contribution in [0.2, 0.25) is 0 Å². The van der Waals surface area contributed by atoms with Gasteiger partial charge in [0.1, 0.15) is 5.75 Å². The minimum Gasteiger partial charge on any atom is -0.497 e. The predicted molar refractivity (Wildman–Crippen MR) is 114 cm³/mol. The van der Waals surface area contributed by atoms with Gasteiger partial charge in [0, 0.05) is 37.6 Å². The summed E-state index contributed by atoms with van der Waals surface area (Å²) in [5, 5.41) is 3.13. The Balaban J connectivity index is 1.36. The molecular formula is C24H33N3O3. The number of nitrogens with one attached hydrogen (secondary N) is 1. The molecule has 4 fully saturated rings. The predicted octanol–water partition coefficient (Wildman–Crippen LogP) is 2.22. The third kappa shape index (κ3) is 4.07. The number of carbonyl (C=O) groups is 2. The fourth-order valence-corrected chi connectivity index (χ4v) is 6.01. The summed E-state index contributed by atoms with van der Waals surface area (Å²) in [5.41, 5.74) is 1.22. The normalized spacial score (nSPS) is 31.2. The van der Waals surface area contributed by atoms with Crippen molar-refractivity contribution in [1.29, 1.82) is 0 Å². The van der Waals surface area contributed by atoms with Crippen LogP contribution >= 0.6 is 0 Å². The van der Waals surface area contributed by atoms with E-state index in [2.05, 4.69) is 27.2 Å². The molecule has 0 aromatic heterocycles. The average molecular weight is 412 g/mol. The van der Waals surface area contributed by atoms with E-state index in [1.54, 1.807) is 7.11 Å². The molecule has 6 nitrogen and oxygen atoms in total. The van der Waals surface area contributed by atoms with Gasteiger partial charge in [0.05, 0.1) is 13.7 Å². The Morgan fingerprint density at radius 2 is 2.03 bits per heavy atom. The first-order valence-electron chi connectivity index (χ1n) is 11.6. The summed E-state index contributed by atoms with van der Waals surface area (Å²) in [5.74, 6) is 2.27. The first kappa shape index (κ1) is 19.9. The number of hydrogen-bond donors (Lipinski definition) is 1. The third-order valence-corrected chi connectivity index (χ3v) is 7.46. The summed E-state index contributed by atoms with van der Waals surface area (Å²) in [7, 11) is 1.69. The van der Waals surface area contributed by atoms with Gasteiger partial charge in [-0.3, -0.25) is 14.5 Å². The Bertz CT molecular complexity index is 809. The number of carbonyl (C=O) groups excluding carboxylic acids is 2. The molecule has 5 rings (SSSR count). The molecule has 1 aromatic rings. The van der Waals surface area contributed by atoms with Gasteiger partial charge in [-0.05, 0) is 68.1 Å². The van der Waals surface area contributed by atoms with Crippen molar-refractivity contribution in [2.24, 2.45) is 11.8 Å². The zero-order valence-corrected chi connectivity index (χ0v) is 17.9. The summed E-state index contributed by atoms with van der Waals surface area (Å²) in [6.07, 6.45) is 7.05. The Morgan fingerprint density at radius 3 is 2.83 bits per heavy atom. The molecule has 1 N–H and O–H groups in total. The Labute approximate surface area is 178 Å². The molecule has 1 saturated carbocycles. The van der Waals surface area contributed by atoms with Gasteiger partial charge in [0.25, 0.3) is 0 Å². The minimum atomic E-state index is 0.165. The van der Waals surface area contributed by atoms with Gasteiger partial charge in [-0.15, -0.1) is 0 Å². The molecule has 1 aromatic carbocycles. The maximum absolute atomic E-state index is 13.0. The lowest BCUT2D eigenvalue weighted by atomic mass is 9.70. The van der Waals surface area contributed by atoms with Crippen LogP contribution in [0.15, 0.2) is 24.3 Å². The second-order valence-electron chi connectivity index (χ2n) is 9.68. The van der Waals surface area contributed by atoms with Gasteiger partial charge in [-0.25, -0.2) is 0 Å². The van der Waals surface area contributed by atoms with Crippen molar-refractivity contribution in [1.82, 2.24) is 15.1 Å². The van der Waals surface area contributed by atoms with E-state index in [1.165, 1.54) is 12.0 Å². The highest BCUT2D eigenvalue weighted by molar-refractivity contribution is 5.79. The molecule has 0 unspecified atom stereocenters. The van der Waals surface area contributed by atoms with Crippen LogP contribution in [0.5, 0.6) is 5.75 Å². The van der Waals surface area contributed by atoms with Crippen molar-refractivity contribution < 1.29 is 14.3 Å². The lowest BCUT2D eigenvalue weighted by molar-refractivity contribution is -0.153. The van der Waals surface area contributed by atoms with Crippen molar-refractivity contribution >= 4 is 11.8 Å². The molecule has 2 bridgehead atoms. The fraction of sp³-hybridized carbons (Fsp3) is 0.667. The van der Waals surface area contributed by atoms with Gasteiger partial charge in [-0.1, -0.05) is 12.1 Å². The topological polar surface area (TPSA) is 61.9 Å². The van der Waals surface area contributed by atoms with Crippen LogP contribution < -0.4 is 10.1 Å². The van der Waals surface area contributed by atoms with Crippen molar-refractivity contribution in [3.8, 4) is 5.75 Å². The van der Waals surface area contributed by atoms with E-state index in [0.29, 0.717) is 42.8 Å². The maximum atomic E-state index is 13.0. The Morgan fingerprint density at radius 1 is 1.20 bits per heavy atom. The second kappa shape index (κ2) is 8.22. The standard InChI is InChI=1S/C24H33N3O3/c1-30-20-5-2-4-16(10-20)11-22-18-12-17(21-6-3-7-24(29)27(21)22)13-26(14-18)15-23(28)25-19-8-9-19/h2,4-5,10,17-19,21-22H,3,6-9,11-15H2,1H3,(H,25,28)/t17-,18+,21+,22+/m1/s1. The highest BCUT2D eigenvalue weighted by Gasteiger charge is 2.49. The summed E-state index contributed by atoms with van der Waals surface area (Å²) in [4.78, 5) is 30.0. The van der Waals surface area contributed by atoms with Crippen molar-refractivity contribution in [3.05, 3.63) is 29.8 Å². The molecule has 6 heteroatoms. The smallest absolute Gasteiger partial charge is 0.234 e. The molecule has 0 radical (unpaired) electrons. The number of amides is 2. The fourth-order valence-electron chi connectivity index (χ4n) is 6.01. The summed E-state index contributed by atoms with van der Waals surface area (Å²) >= 11 is 0. The highest BCUT2D eigenvalue weighted by atomic mass is 16.5. The van der Waals surface area contributed by atoms with Crippen LogP contribution in [0.3, 0.4) is 0 Å². The van der Waals surface area contributed by atoms with E-state index in [9.17, 15) is 9.59 Å². The average Bonchev–Trinajstić information content (AvgIpc) is 3.55. The highest BCUT2D eigenvalue weighted by Crippen LogP contribution is 2.42. The van der Waals surface area contributed by atoms with Gasteiger partial charge in [-0.2, -0.15) is 0 Å². The van der Waals surface area contributed by atoms with Crippen LogP contribution in [-0.4, -0.2) is 66.5 Å². The summed E-state index contributed by atoms with van der Waals surface area (Å²) in [6, 6.07) is 9.18. The number of benzene rings is 1. The first-order chi connectivity index (χ1) is 14.6. The molecular weight excluding hydrogens is 378 g/mol. The zero-order valence-electron chi connectivity index (χ0n) is 17.9. The molecule has 2 amide bonds. The molecule has 3 saturated heterocycles. The third-order valence-electron chi connectivity index (χ3n) is 7.46. The number of rotatable bonds is 6. The molecule has 3 aliphatic heterocycles. The number of fused-ring (bicyclic) bond motifs is 4. The number of likely N-dealkylation sites (tertiary alicyclic amines) is 1. The summed E-state index contributed by atoms with van der Waals surface area (Å²) < 4.78 is 5.42. The van der Waals surface area contributed by atoms with Gasteiger partial charge >= 0.3 is 0 Å². The molecule has 4 aliphatic rings. The van der Waals surface area contributed by atoms with Crippen LogP contribution in [0.25, 0.3) is 0 Å². The monoisotopic (exact) mass is 411 g/mol. The molecule has 3 heterocycles. The molecule has 4 atom stereocenters. The number of methoxy groups -OCH3 is 1. The van der Waals surface area contributed by atoms with E-state index in [0.717, 1.165) is 50.9 Å². The quantitative estimate of drug-likeness (QED) is 0.780.